The van der Waals surface area contributed by atoms with Gasteiger partial charge in [-0.1, -0.05) is 0 Å². The Hall–Kier alpha value is -2.36. The fraction of sp³-hybridized carbons (Fsp3) is 0.278. The van der Waals surface area contributed by atoms with Gasteiger partial charge in [-0.2, -0.15) is 0 Å². The van der Waals surface area contributed by atoms with E-state index in [0.717, 1.165) is 25.9 Å². The lowest BCUT2D eigenvalue weighted by atomic mass is 10.2. The van der Waals surface area contributed by atoms with Crippen LogP contribution in [0.4, 0.5) is 0 Å². The molecule has 0 unspecified atom stereocenters. The first-order chi connectivity index (χ1) is 12.5. The van der Waals surface area contributed by atoms with Crippen LogP contribution in [0, 0.1) is 3.77 Å². The van der Waals surface area contributed by atoms with Gasteiger partial charge in [0.25, 0.3) is 5.91 Å². The van der Waals surface area contributed by atoms with Crippen LogP contribution in [0.5, 0.6) is 0 Å². The number of rotatable bonds is 6. The maximum atomic E-state index is 12.3. The number of aromatic nitrogens is 1. The van der Waals surface area contributed by atoms with Gasteiger partial charge in [-0.05, 0) is 59.7 Å². The van der Waals surface area contributed by atoms with Crippen molar-refractivity contribution in [1.82, 2.24) is 9.88 Å². The third kappa shape index (κ3) is 4.63. The molecule has 1 aliphatic rings. The quantitative estimate of drug-likeness (QED) is 0.305. The predicted octanol–water partition coefficient (Wildman–Crippen LogP) is 2.89. The summed E-state index contributed by atoms with van der Waals surface area (Å²) < 4.78 is 10.9. The number of carbonyl (C=O) groups excluding carboxylic acids is 3. The molecule has 1 N–H and O–H groups in total. The Labute approximate surface area is 163 Å². The highest BCUT2D eigenvalue weighted by Crippen LogP contribution is 2.14. The first-order valence-corrected chi connectivity index (χ1v) is 9.22. The molecule has 136 valence electrons. The van der Waals surface area contributed by atoms with Gasteiger partial charge >= 0.3 is 5.97 Å². The van der Waals surface area contributed by atoms with Crippen LogP contribution in [0.3, 0.4) is 0 Å². The van der Waals surface area contributed by atoms with E-state index < -0.39 is 12.6 Å². The van der Waals surface area contributed by atoms with Crippen LogP contribution in [0.25, 0.3) is 6.08 Å². The second-order valence-corrected chi connectivity index (χ2v) is 6.87. The Morgan fingerprint density at radius 3 is 2.73 bits per heavy atom. The molecule has 1 aliphatic heterocycles. The molecule has 3 rings (SSSR count). The van der Waals surface area contributed by atoms with Gasteiger partial charge in [-0.3, -0.25) is 9.59 Å². The fourth-order valence-corrected chi connectivity index (χ4v) is 3.04. The summed E-state index contributed by atoms with van der Waals surface area (Å²) in [6.45, 7) is 1.08. The number of carbonyl (C=O) groups is 3. The number of ether oxygens (including phenoxy) is 1. The van der Waals surface area contributed by atoms with Gasteiger partial charge < -0.3 is 19.0 Å². The van der Waals surface area contributed by atoms with E-state index in [4.69, 9.17) is 9.15 Å². The molecule has 8 heteroatoms. The SMILES string of the molecule is O=C(/C=C/c1ccc(I)o1)OCC(=O)c1c[nH]c(C(=O)N2CCCC2)c1. The number of amides is 1. The van der Waals surface area contributed by atoms with Gasteiger partial charge in [0, 0.05) is 30.9 Å². The second kappa shape index (κ2) is 8.35. The number of Topliss-reactive ketones (excluding diaryl/α,β-unsaturated/α-hetero) is 1. The predicted molar refractivity (Wildman–Crippen MR) is 102 cm³/mol. The minimum absolute atomic E-state index is 0.116. The minimum Gasteiger partial charge on any atom is -0.454 e. The molecule has 1 saturated heterocycles. The summed E-state index contributed by atoms with van der Waals surface area (Å²) in [5.74, 6) is -0.618. The molecule has 0 aromatic carbocycles. The maximum absolute atomic E-state index is 12.3. The van der Waals surface area contributed by atoms with Gasteiger partial charge in [-0.25, -0.2) is 4.79 Å². The van der Waals surface area contributed by atoms with Crippen LogP contribution >= 0.6 is 22.6 Å². The highest BCUT2D eigenvalue weighted by Gasteiger charge is 2.21. The van der Waals surface area contributed by atoms with Crippen molar-refractivity contribution in [3.63, 3.8) is 0 Å². The molecular weight excluding hydrogens is 451 g/mol. The summed E-state index contributed by atoms with van der Waals surface area (Å²) in [7, 11) is 0. The average molecular weight is 468 g/mol. The van der Waals surface area contributed by atoms with Crippen LogP contribution in [-0.2, 0) is 9.53 Å². The lowest BCUT2D eigenvalue weighted by molar-refractivity contribution is -0.136. The van der Waals surface area contributed by atoms with E-state index in [2.05, 4.69) is 4.98 Å². The molecule has 0 spiro atoms. The van der Waals surface area contributed by atoms with Crippen LogP contribution < -0.4 is 0 Å². The van der Waals surface area contributed by atoms with E-state index in [1.165, 1.54) is 24.4 Å². The molecule has 0 atom stereocenters. The van der Waals surface area contributed by atoms with Crippen LogP contribution in [0.15, 0.2) is 34.9 Å². The summed E-state index contributed by atoms with van der Waals surface area (Å²) in [5.41, 5.74) is 0.679. The second-order valence-electron chi connectivity index (χ2n) is 5.81. The zero-order valence-electron chi connectivity index (χ0n) is 13.9. The van der Waals surface area contributed by atoms with Gasteiger partial charge in [0.05, 0.1) is 0 Å². The highest BCUT2D eigenvalue weighted by atomic mass is 127. The zero-order valence-corrected chi connectivity index (χ0v) is 16.0. The zero-order chi connectivity index (χ0) is 18.5. The smallest absolute Gasteiger partial charge is 0.331 e. The van der Waals surface area contributed by atoms with Crippen LogP contribution in [-0.4, -0.2) is 47.2 Å². The van der Waals surface area contributed by atoms with Gasteiger partial charge in [0.2, 0.25) is 5.78 Å². The number of hydrogen-bond acceptors (Lipinski definition) is 5. The lowest BCUT2D eigenvalue weighted by Crippen LogP contribution is -2.27. The average Bonchev–Trinajstić information content (AvgIpc) is 3.38. The van der Waals surface area contributed by atoms with Gasteiger partial charge in [0.1, 0.15) is 11.5 Å². The largest absolute Gasteiger partial charge is 0.454 e. The number of likely N-dealkylation sites (tertiary alicyclic amines) is 1. The highest BCUT2D eigenvalue weighted by molar-refractivity contribution is 14.1. The number of aromatic amines is 1. The Morgan fingerprint density at radius 2 is 2.04 bits per heavy atom. The van der Waals surface area contributed by atoms with Crippen molar-refractivity contribution in [1.29, 1.82) is 0 Å². The molecule has 0 bridgehead atoms. The van der Waals surface area contributed by atoms with Crippen molar-refractivity contribution in [3.8, 4) is 0 Å². The molecule has 1 fully saturated rings. The Balaban J connectivity index is 1.51. The van der Waals surface area contributed by atoms with E-state index >= 15 is 0 Å². The van der Waals surface area contributed by atoms with E-state index in [1.807, 2.05) is 22.6 Å². The van der Waals surface area contributed by atoms with Crippen LogP contribution in [0.1, 0.15) is 39.4 Å². The van der Waals surface area contributed by atoms with Crippen LogP contribution in [0.2, 0.25) is 0 Å². The number of esters is 1. The first kappa shape index (κ1) is 18.4. The third-order valence-electron chi connectivity index (χ3n) is 3.95. The number of H-pyrrole nitrogens is 1. The summed E-state index contributed by atoms with van der Waals surface area (Å²) >= 11 is 2.02. The Morgan fingerprint density at radius 1 is 1.27 bits per heavy atom. The number of nitrogens with one attached hydrogen (secondary N) is 1. The lowest BCUT2D eigenvalue weighted by Gasteiger charge is -2.13. The Bertz CT molecular complexity index is 845. The molecule has 3 heterocycles. The number of halogens is 1. The molecule has 7 nitrogen and oxygen atoms in total. The molecule has 2 aromatic rings. The minimum atomic E-state index is -0.645. The normalized spacial score (nSPS) is 14.1. The maximum Gasteiger partial charge on any atom is 0.331 e. The molecule has 0 aliphatic carbocycles. The van der Waals surface area contributed by atoms with E-state index in [-0.39, 0.29) is 11.7 Å². The number of hydrogen-bond donors (Lipinski definition) is 1. The Kier molecular flexibility index (Phi) is 5.92. The van der Waals surface area contributed by atoms with E-state index in [1.54, 1.807) is 17.0 Å². The summed E-state index contributed by atoms with van der Waals surface area (Å²) in [4.78, 5) is 40.6. The summed E-state index contributed by atoms with van der Waals surface area (Å²) in [6.07, 6.45) is 6.12. The number of furan rings is 1. The number of ketones is 1. The molecule has 2 aromatic heterocycles. The molecule has 1 amide bonds. The molecule has 0 saturated carbocycles. The topological polar surface area (TPSA) is 92.6 Å². The van der Waals surface area contributed by atoms with Crippen molar-refractivity contribution in [2.75, 3.05) is 19.7 Å². The summed E-state index contributed by atoms with van der Waals surface area (Å²) in [5, 5.41) is 0. The monoisotopic (exact) mass is 468 g/mol. The molecular formula is C18H17IN2O5. The van der Waals surface area contributed by atoms with Gasteiger partial charge in [0.15, 0.2) is 10.4 Å². The summed E-state index contributed by atoms with van der Waals surface area (Å²) in [6, 6.07) is 4.98. The fourth-order valence-electron chi connectivity index (χ4n) is 2.61. The van der Waals surface area contributed by atoms with E-state index in [9.17, 15) is 14.4 Å². The van der Waals surface area contributed by atoms with Crippen molar-refractivity contribution in [2.45, 2.75) is 12.8 Å². The van der Waals surface area contributed by atoms with E-state index in [0.29, 0.717) is 20.8 Å². The molecule has 0 radical (unpaired) electrons. The molecule has 26 heavy (non-hydrogen) atoms. The van der Waals surface area contributed by atoms with Crippen molar-refractivity contribution < 1.29 is 23.5 Å². The van der Waals surface area contributed by atoms with Crippen molar-refractivity contribution in [2.24, 2.45) is 0 Å². The first-order valence-electron chi connectivity index (χ1n) is 8.14. The van der Waals surface area contributed by atoms with Crippen molar-refractivity contribution in [3.05, 3.63) is 51.3 Å². The van der Waals surface area contributed by atoms with Crippen molar-refractivity contribution >= 4 is 46.3 Å². The number of nitrogens with zero attached hydrogens (tertiary/aromatic N) is 1. The third-order valence-corrected chi connectivity index (χ3v) is 4.53. The standard InChI is InChI=1S/C18H17IN2O5/c19-16-5-3-13(26-16)4-6-17(23)25-11-15(22)12-9-14(20-10-12)18(24)21-7-1-2-8-21/h3-6,9-10,20H,1-2,7-8,11H2/b6-4+. The van der Waals surface area contributed by atoms with Gasteiger partial charge in [-0.15, -0.1) is 0 Å².